The van der Waals surface area contributed by atoms with Crippen LogP contribution in [0.4, 0.5) is 0 Å². The monoisotopic (exact) mass is 279 g/mol. The summed E-state index contributed by atoms with van der Waals surface area (Å²) in [5, 5.41) is 13.2. The molecule has 1 saturated carbocycles. The quantitative estimate of drug-likeness (QED) is 0.909. The van der Waals surface area contributed by atoms with E-state index < -0.39 is 11.5 Å². The van der Waals surface area contributed by atoms with Crippen LogP contribution in [-0.2, 0) is 11.8 Å². The van der Waals surface area contributed by atoms with E-state index in [2.05, 4.69) is 5.10 Å². The van der Waals surface area contributed by atoms with Crippen LogP contribution in [0.2, 0.25) is 0 Å². The maximum Gasteiger partial charge on any atom is 0.305 e. The normalized spacial score (nSPS) is 17.7. The van der Waals surface area contributed by atoms with Crippen LogP contribution in [0.5, 0.6) is 0 Å². The molecule has 6 nitrogen and oxygen atoms in total. The lowest BCUT2D eigenvalue weighted by Gasteiger charge is -2.43. The molecule has 1 aliphatic rings. The molecule has 0 bridgehead atoms. The zero-order valence-electron chi connectivity index (χ0n) is 12.0. The third kappa shape index (κ3) is 2.69. The number of aryl methyl sites for hydroxylation is 1. The first-order valence-electron chi connectivity index (χ1n) is 6.94. The van der Waals surface area contributed by atoms with Crippen LogP contribution in [0.3, 0.4) is 0 Å². The lowest BCUT2D eigenvalue weighted by Crippen LogP contribution is -2.52. The van der Waals surface area contributed by atoms with Gasteiger partial charge in [0.1, 0.15) is 5.69 Å². The summed E-state index contributed by atoms with van der Waals surface area (Å²) < 4.78 is 1.52. The Balaban J connectivity index is 2.26. The Hall–Kier alpha value is -1.85. The van der Waals surface area contributed by atoms with Crippen molar-refractivity contribution in [3.05, 3.63) is 18.0 Å². The molecule has 0 aromatic carbocycles. The van der Waals surface area contributed by atoms with E-state index in [4.69, 9.17) is 0 Å². The van der Waals surface area contributed by atoms with Gasteiger partial charge in [-0.3, -0.25) is 14.3 Å². The maximum atomic E-state index is 12.6. The molecule has 0 saturated heterocycles. The van der Waals surface area contributed by atoms with Gasteiger partial charge in [-0.15, -0.1) is 0 Å². The van der Waals surface area contributed by atoms with E-state index in [1.807, 2.05) is 0 Å². The summed E-state index contributed by atoms with van der Waals surface area (Å²) in [6.07, 6.45) is 6.12. The molecule has 1 aromatic heterocycles. The minimum atomic E-state index is -0.850. The van der Waals surface area contributed by atoms with Crippen molar-refractivity contribution in [3.8, 4) is 0 Å². The fourth-order valence-electron chi connectivity index (χ4n) is 3.09. The Kier molecular flexibility index (Phi) is 4.11. The van der Waals surface area contributed by atoms with Gasteiger partial charge in [0.25, 0.3) is 5.91 Å². The molecular formula is C14H21N3O3. The van der Waals surface area contributed by atoms with Crippen LogP contribution in [0.15, 0.2) is 12.3 Å². The first kappa shape index (κ1) is 14.6. The van der Waals surface area contributed by atoms with E-state index in [0.29, 0.717) is 5.69 Å². The largest absolute Gasteiger partial charge is 0.481 e. The second-order valence-corrected chi connectivity index (χ2v) is 5.56. The fourth-order valence-corrected chi connectivity index (χ4v) is 3.09. The van der Waals surface area contributed by atoms with Crippen LogP contribution in [0, 0.1) is 0 Å². The SMILES string of the molecule is CN(C(=O)c1ccnn1C)C1(CC(=O)O)CCCCC1. The Labute approximate surface area is 118 Å². The number of rotatable bonds is 4. The zero-order chi connectivity index (χ0) is 14.8. The van der Waals surface area contributed by atoms with Crippen molar-refractivity contribution in [2.75, 3.05) is 7.05 Å². The summed E-state index contributed by atoms with van der Waals surface area (Å²) in [6.45, 7) is 0. The molecule has 0 unspecified atom stereocenters. The van der Waals surface area contributed by atoms with Gasteiger partial charge in [0.05, 0.1) is 12.0 Å². The Morgan fingerprint density at radius 2 is 2.05 bits per heavy atom. The molecule has 1 aromatic rings. The highest BCUT2D eigenvalue weighted by Gasteiger charge is 2.41. The number of carboxylic acids is 1. The van der Waals surface area contributed by atoms with Gasteiger partial charge >= 0.3 is 5.97 Å². The number of hydrogen-bond donors (Lipinski definition) is 1. The average molecular weight is 279 g/mol. The smallest absolute Gasteiger partial charge is 0.305 e. The van der Waals surface area contributed by atoms with E-state index in [1.165, 1.54) is 4.68 Å². The van der Waals surface area contributed by atoms with Crippen molar-refractivity contribution in [3.63, 3.8) is 0 Å². The molecule has 1 heterocycles. The predicted molar refractivity (Wildman–Crippen MR) is 73.4 cm³/mol. The molecule has 0 radical (unpaired) electrons. The average Bonchev–Trinajstić information content (AvgIpc) is 2.83. The summed E-state index contributed by atoms with van der Waals surface area (Å²) in [4.78, 5) is 25.4. The third-order valence-corrected chi connectivity index (χ3v) is 4.32. The summed E-state index contributed by atoms with van der Waals surface area (Å²) in [5.41, 5.74) is -0.0753. The molecule has 6 heteroatoms. The lowest BCUT2D eigenvalue weighted by atomic mass is 9.78. The Bertz CT molecular complexity index is 504. The van der Waals surface area contributed by atoms with Crippen molar-refractivity contribution in [2.45, 2.75) is 44.1 Å². The molecule has 1 amide bonds. The van der Waals surface area contributed by atoms with Crippen LogP contribution >= 0.6 is 0 Å². The Morgan fingerprint density at radius 1 is 1.40 bits per heavy atom. The maximum absolute atomic E-state index is 12.6. The zero-order valence-corrected chi connectivity index (χ0v) is 12.0. The second-order valence-electron chi connectivity index (χ2n) is 5.56. The molecule has 0 spiro atoms. The van der Waals surface area contributed by atoms with Crippen molar-refractivity contribution in [1.82, 2.24) is 14.7 Å². The molecule has 1 fully saturated rings. The number of carbonyl (C=O) groups excluding carboxylic acids is 1. The van der Waals surface area contributed by atoms with Gasteiger partial charge in [0, 0.05) is 20.3 Å². The number of aromatic nitrogens is 2. The van der Waals surface area contributed by atoms with Crippen LogP contribution < -0.4 is 0 Å². The number of carbonyl (C=O) groups is 2. The first-order chi connectivity index (χ1) is 9.46. The van der Waals surface area contributed by atoms with Gasteiger partial charge in [0.15, 0.2) is 0 Å². The minimum absolute atomic E-state index is 0.00704. The van der Waals surface area contributed by atoms with Gasteiger partial charge in [-0.2, -0.15) is 5.10 Å². The van der Waals surface area contributed by atoms with Crippen LogP contribution in [0.25, 0.3) is 0 Å². The molecule has 20 heavy (non-hydrogen) atoms. The molecular weight excluding hydrogens is 258 g/mol. The minimum Gasteiger partial charge on any atom is -0.481 e. The molecule has 110 valence electrons. The van der Waals surface area contributed by atoms with Gasteiger partial charge in [0.2, 0.25) is 0 Å². The highest BCUT2D eigenvalue weighted by atomic mass is 16.4. The number of hydrogen-bond acceptors (Lipinski definition) is 3. The van der Waals surface area contributed by atoms with Gasteiger partial charge in [-0.1, -0.05) is 19.3 Å². The van der Waals surface area contributed by atoms with E-state index >= 15 is 0 Å². The Morgan fingerprint density at radius 3 is 2.55 bits per heavy atom. The summed E-state index contributed by atoms with van der Waals surface area (Å²) in [7, 11) is 3.43. The molecule has 0 aliphatic heterocycles. The van der Waals surface area contributed by atoms with E-state index in [1.54, 1.807) is 31.3 Å². The fraction of sp³-hybridized carbons (Fsp3) is 0.643. The van der Waals surface area contributed by atoms with Gasteiger partial charge in [-0.25, -0.2) is 0 Å². The molecule has 1 N–H and O–H groups in total. The number of amides is 1. The molecule has 0 atom stereocenters. The highest BCUT2D eigenvalue weighted by molar-refractivity contribution is 5.93. The second kappa shape index (κ2) is 5.64. The van der Waals surface area contributed by atoms with Crippen molar-refractivity contribution in [2.24, 2.45) is 7.05 Å². The van der Waals surface area contributed by atoms with Crippen LogP contribution in [0.1, 0.15) is 49.0 Å². The molecule has 2 rings (SSSR count). The number of aliphatic carboxylic acids is 1. The van der Waals surface area contributed by atoms with E-state index in [0.717, 1.165) is 32.1 Å². The molecule has 1 aliphatic carbocycles. The third-order valence-electron chi connectivity index (χ3n) is 4.32. The van der Waals surface area contributed by atoms with Crippen molar-refractivity contribution in [1.29, 1.82) is 0 Å². The summed E-state index contributed by atoms with van der Waals surface area (Å²) >= 11 is 0. The van der Waals surface area contributed by atoms with Crippen LogP contribution in [-0.4, -0.2) is 44.3 Å². The van der Waals surface area contributed by atoms with Gasteiger partial charge < -0.3 is 10.0 Å². The predicted octanol–water partition coefficient (Wildman–Crippen LogP) is 1.67. The lowest BCUT2D eigenvalue weighted by molar-refractivity contribution is -0.140. The highest BCUT2D eigenvalue weighted by Crippen LogP contribution is 2.36. The standard InChI is InChI=1S/C14H21N3O3/c1-16(13(20)11-6-9-15-17(11)2)14(10-12(18)19)7-4-3-5-8-14/h6,9H,3-5,7-8,10H2,1-2H3,(H,18,19). The van der Waals surface area contributed by atoms with Gasteiger partial charge in [-0.05, 0) is 18.9 Å². The van der Waals surface area contributed by atoms with Crippen molar-refractivity contribution >= 4 is 11.9 Å². The number of carboxylic acid groups (broad SMARTS) is 1. The van der Waals surface area contributed by atoms with E-state index in [-0.39, 0.29) is 12.3 Å². The number of nitrogens with zero attached hydrogens (tertiary/aromatic N) is 3. The van der Waals surface area contributed by atoms with E-state index in [9.17, 15) is 14.7 Å². The summed E-state index contributed by atoms with van der Waals surface area (Å²) in [5.74, 6) is -1.01. The first-order valence-corrected chi connectivity index (χ1v) is 6.94. The topological polar surface area (TPSA) is 75.4 Å². The van der Waals surface area contributed by atoms with Crippen molar-refractivity contribution < 1.29 is 14.7 Å². The summed E-state index contributed by atoms with van der Waals surface area (Å²) in [6, 6.07) is 1.66.